The van der Waals surface area contributed by atoms with Crippen LogP contribution in [-0.4, -0.2) is 42.8 Å². The predicted octanol–water partition coefficient (Wildman–Crippen LogP) is 1.43. The van der Waals surface area contributed by atoms with Crippen LogP contribution in [0.4, 0.5) is 0 Å². The Hall–Kier alpha value is -1.39. The number of carbonyl (C=O) groups is 1. The molecule has 0 amide bonds. The zero-order chi connectivity index (χ0) is 13.2. The van der Waals surface area contributed by atoms with E-state index in [1.165, 1.54) is 12.7 Å². The average molecular weight is 251 g/mol. The zero-order valence-electron chi connectivity index (χ0n) is 10.8. The second-order valence-corrected chi connectivity index (χ2v) is 4.20. The fraction of sp³-hybridized carbons (Fsp3) is 0.500. The van der Waals surface area contributed by atoms with Gasteiger partial charge in [-0.05, 0) is 24.9 Å². The van der Waals surface area contributed by atoms with Crippen molar-refractivity contribution in [2.45, 2.75) is 19.4 Å². The van der Waals surface area contributed by atoms with Crippen molar-refractivity contribution in [2.24, 2.45) is 0 Å². The molecule has 4 nitrogen and oxygen atoms in total. The van der Waals surface area contributed by atoms with E-state index in [2.05, 4.69) is 0 Å². The summed E-state index contributed by atoms with van der Waals surface area (Å²) in [5.74, 6) is -0.227. The van der Waals surface area contributed by atoms with Gasteiger partial charge >= 0.3 is 5.97 Å². The quantitative estimate of drug-likeness (QED) is 0.561. The number of carbonyl (C=O) groups excluding carboxylic acids is 1. The minimum absolute atomic E-state index is 0.192. The molecule has 0 radical (unpaired) electrons. The van der Waals surface area contributed by atoms with Crippen molar-refractivity contribution in [3.05, 3.63) is 35.9 Å². The third kappa shape index (κ3) is 5.80. The van der Waals surface area contributed by atoms with Crippen molar-refractivity contribution < 1.29 is 14.6 Å². The van der Waals surface area contributed by atoms with Gasteiger partial charge in [0.25, 0.3) is 0 Å². The van der Waals surface area contributed by atoms with E-state index in [0.29, 0.717) is 0 Å². The lowest BCUT2D eigenvalue weighted by molar-refractivity contribution is -0.142. The van der Waals surface area contributed by atoms with Crippen LogP contribution in [-0.2, 0) is 16.1 Å². The summed E-state index contributed by atoms with van der Waals surface area (Å²) in [5, 5.41) is 8.79. The van der Waals surface area contributed by atoms with E-state index >= 15 is 0 Å². The molecular formula is C14H21NO3. The SMILES string of the molecule is COC(=O)CN(CCCCO)Cc1ccccc1. The monoisotopic (exact) mass is 251 g/mol. The van der Waals surface area contributed by atoms with Gasteiger partial charge in [-0.1, -0.05) is 30.3 Å². The van der Waals surface area contributed by atoms with Crippen LogP contribution >= 0.6 is 0 Å². The highest BCUT2D eigenvalue weighted by Gasteiger charge is 2.11. The molecule has 4 heteroatoms. The molecule has 18 heavy (non-hydrogen) atoms. The third-order valence-corrected chi connectivity index (χ3v) is 2.71. The van der Waals surface area contributed by atoms with Crippen molar-refractivity contribution in [1.82, 2.24) is 4.90 Å². The molecule has 0 fully saturated rings. The molecule has 1 N–H and O–H groups in total. The van der Waals surface area contributed by atoms with E-state index in [1.54, 1.807) is 0 Å². The Balaban J connectivity index is 2.50. The first-order chi connectivity index (χ1) is 8.76. The zero-order valence-corrected chi connectivity index (χ0v) is 10.8. The number of ether oxygens (including phenoxy) is 1. The van der Waals surface area contributed by atoms with E-state index < -0.39 is 0 Å². The lowest BCUT2D eigenvalue weighted by Gasteiger charge is -2.20. The molecule has 0 unspecified atom stereocenters. The average Bonchev–Trinajstić information content (AvgIpc) is 2.40. The Bertz CT molecular complexity index is 340. The van der Waals surface area contributed by atoms with Gasteiger partial charge in [-0.3, -0.25) is 9.69 Å². The van der Waals surface area contributed by atoms with Crippen LogP contribution in [0.1, 0.15) is 18.4 Å². The maximum absolute atomic E-state index is 11.3. The molecule has 100 valence electrons. The second-order valence-electron chi connectivity index (χ2n) is 4.20. The number of methoxy groups -OCH3 is 1. The maximum atomic E-state index is 11.3. The van der Waals surface area contributed by atoms with Crippen LogP contribution in [0.2, 0.25) is 0 Å². The number of nitrogens with zero attached hydrogens (tertiary/aromatic N) is 1. The van der Waals surface area contributed by atoms with Gasteiger partial charge in [0.05, 0.1) is 13.7 Å². The number of hydrogen-bond donors (Lipinski definition) is 1. The Morgan fingerprint density at radius 3 is 2.61 bits per heavy atom. The van der Waals surface area contributed by atoms with Gasteiger partial charge in [0.15, 0.2) is 0 Å². The van der Waals surface area contributed by atoms with E-state index in [1.807, 2.05) is 35.2 Å². The summed E-state index contributed by atoms with van der Waals surface area (Å²) in [6, 6.07) is 10.0. The molecule has 1 rings (SSSR count). The minimum atomic E-state index is -0.227. The van der Waals surface area contributed by atoms with Gasteiger partial charge in [-0.2, -0.15) is 0 Å². The lowest BCUT2D eigenvalue weighted by atomic mass is 10.2. The Morgan fingerprint density at radius 2 is 2.00 bits per heavy atom. The maximum Gasteiger partial charge on any atom is 0.319 e. The Kier molecular flexibility index (Phi) is 7.06. The van der Waals surface area contributed by atoms with E-state index in [0.717, 1.165) is 25.9 Å². The molecule has 1 aromatic rings. The van der Waals surface area contributed by atoms with Gasteiger partial charge in [-0.25, -0.2) is 0 Å². The second kappa shape index (κ2) is 8.66. The first-order valence-corrected chi connectivity index (χ1v) is 6.20. The molecule has 1 aromatic carbocycles. The van der Waals surface area contributed by atoms with Crippen LogP contribution in [0.15, 0.2) is 30.3 Å². The number of rotatable bonds is 8. The molecule has 0 saturated heterocycles. The number of hydrogen-bond acceptors (Lipinski definition) is 4. The van der Waals surface area contributed by atoms with Crippen LogP contribution < -0.4 is 0 Å². The van der Waals surface area contributed by atoms with Gasteiger partial charge in [0, 0.05) is 13.2 Å². The molecule has 0 aliphatic carbocycles. The topological polar surface area (TPSA) is 49.8 Å². The number of aliphatic hydroxyl groups excluding tert-OH is 1. The fourth-order valence-corrected chi connectivity index (χ4v) is 1.75. The summed E-state index contributed by atoms with van der Waals surface area (Å²) in [6.07, 6.45) is 1.63. The largest absolute Gasteiger partial charge is 0.468 e. The summed E-state index contributed by atoms with van der Waals surface area (Å²) in [5.41, 5.74) is 1.17. The molecular weight excluding hydrogens is 230 g/mol. The summed E-state index contributed by atoms with van der Waals surface area (Å²) >= 11 is 0. The van der Waals surface area contributed by atoms with E-state index in [4.69, 9.17) is 9.84 Å². The summed E-state index contributed by atoms with van der Waals surface area (Å²) in [7, 11) is 1.40. The fourth-order valence-electron chi connectivity index (χ4n) is 1.75. The predicted molar refractivity (Wildman–Crippen MR) is 70.1 cm³/mol. The smallest absolute Gasteiger partial charge is 0.319 e. The van der Waals surface area contributed by atoms with Crippen LogP contribution in [0.3, 0.4) is 0 Å². The van der Waals surface area contributed by atoms with E-state index in [-0.39, 0.29) is 19.1 Å². The Morgan fingerprint density at radius 1 is 1.28 bits per heavy atom. The normalized spacial score (nSPS) is 10.6. The number of unbranched alkanes of at least 4 members (excludes halogenated alkanes) is 1. The number of aliphatic hydroxyl groups is 1. The summed E-state index contributed by atoms with van der Waals surface area (Å²) < 4.78 is 4.69. The van der Waals surface area contributed by atoms with Crippen molar-refractivity contribution in [3.63, 3.8) is 0 Å². The van der Waals surface area contributed by atoms with Crippen molar-refractivity contribution in [1.29, 1.82) is 0 Å². The third-order valence-electron chi connectivity index (χ3n) is 2.71. The molecule has 0 saturated carbocycles. The standard InChI is InChI=1S/C14H21NO3/c1-18-14(17)12-15(9-5-6-10-16)11-13-7-3-2-4-8-13/h2-4,7-8,16H,5-6,9-12H2,1H3. The summed E-state index contributed by atoms with van der Waals surface area (Å²) in [6.45, 7) is 1.99. The van der Waals surface area contributed by atoms with Crippen molar-refractivity contribution >= 4 is 5.97 Å². The number of esters is 1. The highest BCUT2D eigenvalue weighted by Crippen LogP contribution is 2.06. The van der Waals surface area contributed by atoms with Gasteiger partial charge in [0.1, 0.15) is 0 Å². The van der Waals surface area contributed by atoms with Crippen LogP contribution in [0, 0.1) is 0 Å². The van der Waals surface area contributed by atoms with Crippen LogP contribution in [0.25, 0.3) is 0 Å². The van der Waals surface area contributed by atoms with E-state index in [9.17, 15) is 4.79 Å². The summed E-state index contributed by atoms with van der Waals surface area (Å²) in [4.78, 5) is 13.4. The molecule has 0 aliphatic heterocycles. The van der Waals surface area contributed by atoms with Gasteiger partial charge in [-0.15, -0.1) is 0 Å². The van der Waals surface area contributed by atoms with Crippen molar-refractivity contribution in [3.8, 4) is 0 Å². The van der Waals surface area contributed by atoms with Crippen molar-refractivity contribution in [2.75, 3.05) is 26.8 Å². The lowest BCUT2D eigenvalue weighted by Crippen LogP contribution is -2.31. The van der Waals surface area contributed by atoms with Gasteiger partial charge < -0.3 is 9.84 Å². The van der Waals surface area contributed by atoms with Crippen LogP contribution in [0.5, 0.6) is 0 Å². The molecule has 0 aromatic heterocycles. The Labute approximate surface area is 108 Å². The number of benzene rings is 1. The molecule has 0 heterocycles. The highest BCUT2D eigenvalue weighted by molar-refractivity contribution is 5.71. The molecule has 0 atom stereocenters. The molecule has 0 spiro atoms. The van der Waals surface area contributed by atoms with Gasteiger partial charge in [0.2, 0.25) is 0 Å². The minimum Gasteiger partial charge on any atom is -0.468 e. The molecule has 0 aliphatic rings. The highest BCUT2D eigenvalue weighted by atomic mass is 16.5. The molecule has 0 bridgehead atoms. The first-order valence-electron chi connectivity index (χ1n) is 6.20. The first kappa shape index (κ1) is 14.7.